The summed E-state index contributed by atoms with van der Waals surface area (Å²) >= 11 is 0. The van der Waals surface area contributed by atoms with Crippen LogP contribution in [-0.2, 0) is 13.0 Å². The topological polar surface area (TPSA) is 8.81 Å². The highest BCUT2D eigenvalue weighted by molar-refractivity contribution is 5.15. The van der Waals surface area contributed by atoms with Gasteiger partial charge in [-0.05, 0) is 25.8 Å². The molecule has 0 fully saturated rings. The van der Waals surface area contributed by atoms with Crippen LogP contribution in [0.2, 0.25) is 0 Å². The van der Waals surface area contributed by atoms with Gasteiger partial charge in [-0.25, -0.2) is 9.13 Å². The van der Waals surface area contributed by atoms with Crippen molar-refractivity contribution in [3.05, 3.63) is 54.1 Å². The van der Waals surface area contributed by atoms with E-state index < -0.39 is 0 Å². The smallest absolute Gasteiger partial charge is 0.232 e. The summed E-state index contributed by atoms with van der Waals surface area (Å²) in [5.41, 5.74) is 1.39. The van der Waals surface area contributed by atoms with Crippen LogP contribution in [0.25, 0.3) is 0 Å². The second kappa shape index (κ2) is 18.7. The van der Waals surface area contributed by atoms with Gasteiger partial charge in [-0.2, -0.15) is 0 Å². The molecule has 1 heterocycles. The summed E-state index contributed by atoms with van der Waals surface area (Å²) in [7, 11) is 0. The Balaban J connectivity index is 1.49. The summed E-state index contributed by atoms with van der Waals surface area (Å²) in [5, 5.41) is 0. The van der Waals surface area contributed by atoms with Crippen LogP contribution < -0.4 is 4.57 Å². The van der Waals surface area contributed by atoms with E-state index in [2.05, 4.69) is 72.6 Å². The fraction of sp³-hybridized carbons (Fsp3) is 0.719. The summed E-state index contributed by atoms with van der Waals surface area (Å²) in [6.45, 7) is 7.87. The predicted molar refractivity (Wildman–Crippen MR) is 148 cm³/mol. The fourth-order valence-corrected chi connectivity index (χ4v) is 5.15. The SMILES string of the molecule is CCCCCCCCCCCCCCCCCCCc1n(Cc2ccccc2)cc[n+]1C(C)C. The summed E-state index contributed by atoms with van der Waals surface area (Å²) in [6, 6.07) is 11.4. The highest BCUT2D eigenvalue weighted by Gasteiger charge is 2.19. The van der Waals surface area contributed by atoms with E-state index in [0.29, 0.717) is 6.04 Å². The normalized spacial score (nSPS) is 11.5. The van der Waals surface area contributed by atoms with Crippen LogP contribution in [0, 0.1) is 0 Å². The van der Waals surface area contributed by atoms with Gasteiger partial charge in [0.1, 0.15) is 18.9 Å². The second-order valence-electron chi connectivity index (χ2n) is 10.7. The van der Waals surface area contributed by atoms with Crippen molar-refractivity contribution in [2.45, 2.75) is 149 Å². The Bertz CT molecular complexity index is 716. The molecule has 2 rings (SSSR count). The molecular formula is C32H55N2+. The van der Waals surface area contributed by atoms with Crippen LogP contribution in [0.15, 0.2) is 42.7 Å². The molecule has 0 aliphatic rings. The maximum absolute atomic E-state index is 2.47. The molecule has 0 aliphatic heterocycles. The third-order valence-electron chi connectivity index (χ3n) is 7.29. The third-order valence-corrected chi connectivity index (χ3v) is 7.29. The maximum Gasteiger partial charge on any atom is 0.256 e. The van der Waals surface area contributed by atoms with Crippen LogP contribution >= 0.6 is 0 Å². The number of nitrogens with zero attached hydrogens (tertiary/aromatic N) is 2. The van der Waals surface area contributed by atoms with Crippen LogP contribution in [-0.4, -0.2) is 4.57 Å². The molecule has 0 bridgehead atoms. The van der Waals surface area contributed by atoms with E-state index in [-0.39, 0.29) is 0 Å². The lowest BCUT2D eigenvalue weighted by Gasteiger charge is -2.08. The molecule has 0 unspecified atom stereocenters. The second-order valence-corrected chi connectivity index (χ2v) is 10.7. The van der Waals surface area contributed by atoms with Crippen molar-refractivity contribution >= 4 is 0 Å². The van der Waals surface area contributed by atoms with Crippen LogP contribution in [0.3, 0.4) is 0 Å². The minimum Gasteiger partial charge on any atom is -0.232 e. The van der Waals surface area contributed by atoms with Crippen LogP contribution in [0.5, 0.6) is 0 Å². The van der Waals surface area contributed by atoms with Gasteiger partial charge in [-0.3, -0.25) is 0 Å². The minimum absolute atomic E-state index is 0.526. The van der Waals surface area contributed by atoms with Crippen molar-refractivity contribution in [1.82, 2.24) is 4.57 Å². The average Bonchev–Trinajstić information content (AvgIpc) is 3.24. The molecule has 2 heteroatoms. The molecular weight excluding hydrogens is 412 g/mol. The summed E-state index contributed by atoms with van der Waals surface area (Å²) in [5.74, 6) is 1.49. The largest absolute Gasteiger partial charge is 0.256 e. The van der Waals surface area contributed by atoms with Gasteiger partial charge < -0.3 is 0 Å². The zero-order chi connectivity index (χ0) is 24.3. The van der Waals surface area contributed by atoms with Gasteiger partial charge in [0, 0.05) is 6.42 Å². The summed E-state index contributed by atoms with van der Waals surface area (Å²) < 4.78 is 4.93. The van der Waals surface area contributed by atoms with Crippen molar-refractivity contribution in [2.75, 3.05) is 0 Å². The first-order valence-electron chi connectivity index (χ1n) is 14.9. The predicted octanol–water partition coefficient (Wildman–Crippen LogP) is 9.60. The molecule has 0 saturated heterocycles. The van der Waals surface area contributed by atoms with Gasteiger partial charge in [-0.1, -0.05) is 140 Å². The van der Waals surface area contributed by atoms with Crippen molar-refractivity contribution in [2.24, 2.45) is 0 Å². The molecule has 2 aromatic rings. The van der Waals surface area contributed by atoms with Crippen molar-refractivity contribution in [3.63, 3.8) is 0 Å². The van der Waals surface area contributed by atoms with Gasteiger partial charge in [0.15, 0.2) is 0 Å². The molecule has 0 radical (unpaired) electrons. The molecule has 0 saturated carbocycles. The monoisotopic (exact) mass is 467 g/mol. The number of hydrogen-bond acceptors (Lipinski definition) is 0. The Labute approximate surface area is 212 Å². The molecule has 2 nitrogen and oxygen atoms in total. The average molecular weight is 468 g/mol. The van der Waals surface area contributed by atoms with Gasteiger partial charge in [0.25, 0.3) is 5.82 Å². The highest BCUT2D eigenvalue weighted by Crippen LogP contribution is 2.15. The van der Waals surface area contributed by atoms with Crippen LogP contribution in [0.1, 0.15) is 147 Å². The number of unbranched alkanes of at least 4 members (excludes halogenated alkanes) is 16. The number of rotatable bonds is 21. The van der Waals surface area contributed by atoms with Gasteiger partial charge in [-0.15, -0.1) is 0 Å². The molecule has 0 N–H and O–H groups in total. The van der Waals surface area contributed by atoms with E-state index in [1.165, 1.54) is 127 Å². The Morgan fingerprint density at radius 2 is 1.12 bits per heavy atom. The van der Waals surface area contributed by atoms with Crippen molar-refractivity contribution in [1.29, 1.82) is 0 Å². The lowest BCUT2D eigenvalue weighted by Crippen LogP contribution is -2.39. The zero-order valence-corrected chi connectivity index (χ0v) is 22.9. The lowest BCUT2D eigenvalue weighted by molar-refractivity contribution is -0.722. The number of imidazole rings is 1. The van der Waals surface area contributed by atoms with Crippen LogP contribution in [0.4, 0.5) is 0 Å². The van der Waals surface area contributed by atoms with E-state index in [1.54, 1.807) is 0 Å². The Kier molecular flexibility index (Phi) is 15.8. The third kappa shape index (κ3) is 12.2. The molecule has 0 spiro atoms. The fourth-order valence-electron chi connectivity index (χ4n) is 5.15. The van der Waals surface area contributed by atoms with Crippen molar-refractivity contribution in [3.8, 4) is 0 Å². The molecule has 192 valence electrons. The van der Waals surface area contributed by atoms with Crippen molar-refractivity contribution < 1.29 is 4.57 Å². The highest BCUT2D eigenvalue weighted by atomic mass is 15.2. The quantitative estimate of drug-likeness (QED) is 0.128. The molecule has 1 aromatic carbocycles. The zero-order valence-electron chi connectivity index (χ0n) is 22.9. The first-order chi connectivity index (χ1) is 16.7. The molecule has 34 heavy (non-hydrogen) atoms. The number of benzene rings is 1. The van der Waals surface area contributed by atoms with Gasteiger partial charge >= 0.3 is 0 Å². The Hall–Kier alpha value is -1.57. The minimum atomic E-state index is 0.526. The van der Waals surface area contributed by atoms with E-state index in [9.17, 15) is 0 Å². The molecule has 0 atom stereocenters. The molecule has 1 aromatic heterocycles. The summed E-state index contributed by atoms with van der Waals surface area (Å²) in [4.78, 5) is 0. The van der Waals surface area contributed by atoms with Gasteiger partial charge in [0.05, 0.1) is 6.04 Å². The maximum atomic E-state index is 2.47. The Morgan fingerprint density at radius 1 is 0.647 bits per heavy atom. The first-order valence-corrected chi connectivity index (χ1v) is 14.9. The number of hydrogen-bond donors (Lipinski definition) is 0. The van der Waals surface area contributed by atoms with E-state index in [1.807, 2.05) is 0 Å². The van der Waals surface area contributed by atoms with E-state index in [0.717, 1.165) is 6.54 Å². The van der Waals surface area contributed by atoms with Gasteiger partial charge in [0.2, 0.25) is 0 Å². The Morgan fingerprint density at radius 3 is 1.59 bits per heavy atom. The standard InChI is InChI=1S/C32H55N2/c1-4-5-6-7-8-9-10-11-12-13-14-15-16-17-18-19-23-26-32-33(27-28-34(32)30(2)3)29-31-24-21-20-22-25-31/h20-22,24-25,27-28,30H,4-19,23,26,29H2,1-3H3/q+1. The summed E-state index contributed by atoms with van der Waals surface area (Å²) in [6.07, 6.45) is 30.1. The molecule has 0 aliphatic carbocycles. The van der Waals surface area contributed by atoms with E-state index in [4.69, 9.17) is 0 Å². The van der Waals surface area contributed by atoms with E-state index >= 15 is 0 Å². The first kappa shape index (κ1) is 28.7. The number of aromatic nitrogens is 2. The molecule has 0 amide bonds. The lowest BCUT2D eigenvalue weighted by atomic mass is 10.0.